The standard InChI is InChI=1S/C17H19ClN2O4S/c1-24-11-10-20-25(22,23)16-8-2-13(3-9-16)12-19-17(21)14-4-6-15(18)7-5-14/h2-9,20H,10-12H2,1H3,(H,19,21). The van der Waals surface area contributed by atoms with Gasteiger partial charge in [0.25, 0.3) is 5.91 Å². The van der Waals surface area contributed by atoms with Crippen LogP contribution in [0, 0.1) is 0 Å². The van der Waals surface area contributed by atoms with Gasteiger partial charge in [0, 0.05) is 30.8 Å². The Kier molecular flexibility index (Phi) is 6.95. The van der Waals surface area contributed by atoms with Crippen LogP contribution in [0.4, 0.5) is 0 Å². The van der Waals surface area contributed by atoms with Crippen LogP contribution < -0.4 is 10.0 Å². The van der Waals surface area contributed by atoms with Crippen LogP contribution in [0.5, 0.6) is 0 Å². The molecule has 6 nitrogen and oxygen atoms in total. The first-order chi connectivity index (χ1) is 11.9. The van der Waals surface area contributed by atoms with E-state index < -0.39 is 10.0 Å². The van der Waals surface area contributed by atoms with Gasteiger partial charge in [0.05, 0.1) is 11.5 Å². The van der Waals surface area contributed by atoms with Crippen molar-refractivity contribution < 1.29 is 17.9 Å². The van der Waals surface area contributed by atoms with Gasteiger partial charge >= 0.3 is 0 Å². The van der Waals surface area contributed by atoms with Gasteiger partial charge in [-0.05, 0) is 42.0 Å². The van der Waals surface area contributed by atoms with Crippen LogP contribution in [-0.2, 0) is 21.3 Å². The fourth-order valence-electron chi connectivity index (χ4n) is 2.03. The van der Waals surface area contributed by atoms with Gasteiger partial charge in [-0.25, -0.2) is 13.1 Å². The summed E-state index contributed by atoms with van der Waals surface area (Å²) in [6.45, 7) is 0.796. The molecule has 0 aliphatic carbocycles. The number of carbonyl (C=O) groups is 1. The highest BCUT2D eigenvalue weighted by molar-refractivity contribution is 7.89. The molecule has 0 radical (unpaired) electrons. The average molecular weight is 383 g/mol. The van der Waals surface area contributed by atoms with Crippen LogP contribution in [0.25, 0.3) is 0 Å². The number of amides is 1. The van der Waals surface area contributed by atoms with Crippen LogP contribution in [0.3, 0.4) is 0 Å². The number of carbonyl (C=O) groups excluding carboxylic acids is 1. The van der Waals surface area contributed by atoms with Crippen LogP contribution >= 0.6 is 11.6 Å². The van der Waals surface area contributed by atoms with Crippen molar-refractivity contribution in [2.75, 3.05) is 20.3 Å². The van der Waals surface area contributed by atoms with Crippen molar-refractivity contribution in [1.29, 1.82) is 0 Å². The lowest BCUT2D eigenvalue weighted by Crippen LogP contribution is -2.27. The molecule has 0 unspecified atom stereocenters. The van der Waals surface area contributed by atoms with E-state index in [1.165, 1.54) is 19.2 Å². The zero-order valence-electron chi connectivity index (χ0n) is 13.7. The molecule has 0 saturated carbocycles. The van der Waals surface area contributed by atoms with Gasteiger partial charge in [-0.1, -0.05) is 23.7 Å². The summed E-state index contributed by atoms with van der Waals surface area (Å²) >= 11 is 5.79. The molecule has 0 bridgehead atoms. The monoisotopic (exact) mass is 382 g/mol. The summed E-state index contributed by atoms with van der Waals surface area (Å²) in [4.78, 5) is 12.2. The highest BCUT2D eigenvalue weighted by Crippen LogP contribution is 2.12. The van der Waals surface area contributed by atoms with E-state index >= 15 is 0 Å². The number of halogens is 1. The summed E-state index contributed by atoms with van der Waals surface area (Å²) in [6.07, 6.45) is 0. The van der Waals surface area contributed by atoms with Crippen molar-refractivity contribution in [3.8, 4) is 0 Å². The van der Waals surface area contributed by atoms with Gasteiger partial charge < -0.3 is 10.1 Å². The topological polar surface area (TPSA) is 84.5 Å². The largest absolute Gasteiger partial charge is 0.383 e. The molecule has 0 aliphatic rings. The average Bonchev–Trinajstić information content (AvgIpc) is 2.61. The molecule has 0 spiro atoms. The Morgan fingerprint density at radius 2 is 1.72 bits per heavy atom. The van der Waals surface area contributed by atoms with Crippen molar-refractivity contribution in [1.82, 2.24) is 10.0 Å². The number of sulfonamides is 1. The molecule has 8 heteroatoms. The van der Waals surface area contributed by atoms with E-state index in [2.05, 4.69) is 10.0 Å². The first kappa shape index (κ1) is 19.4. The third-order valence-corrected chi connectivity index (χ3v) is 5.12. The molecular formula is C17H19ClN2O4S. The normalized spacial score (nSPS) is 11.3. The molecule has 134 valence electrons. The quantitative estimate of drug-likeness (QED) is 0.685. The predicted molar refractivity (Wildman–Crippen MR) is 96.1 cm³/mol. The SMILES string of the molecule is COCCNS(=O)(=O)c1ccc(CNC(=O)c2ccc(Cl)cc2)cc1. The second-order valence-corrected chi connectivity index (χ2v) is 7.43. The Labute approximate surface area is 152 Å². The molecule has 0 heterocycles. The van der Waals surface area contributed by atoms with Gasteiger partial charge in [0.15, 0.2) is 0 Å². The van der Waals surface area contributed by atoms with Crippen LogP contribution in [-0.4, -0.2) is 34.6 Å². The Bertz CT molecular complexity index is 806. The first-order valence-corrected chi connectivity index (χ1v) is 9.40. The lowest BCUT2D eigenvalue weighted by atomic mass is 10.2. The van der Waals surface area contributed by atoms with Gasteiger partial charge in [-0.2, -0.15) is 0 Å². The molecule has 0 atom stereocenters. The highest BCUT2D eigenvalue weighted by Gasteiger charge is 2.13. The summed E-state index contributed by atoms with van der Waals surface area (Å²) in [5.74, 6) is -0.227. The number of hydrogen-bond donors (Lipinski definition) is 2. The molecule has 0 saturated heterocycles. The smallest absolute Gasteiger partial charge is 0.251 e. The van der Waals surface area contributed by atoms with Gasteiger partial charge in [0.2, 0.25) is 10.0 Å². The number of rotatable bonds is 8. The number of ether oxygens (including phenoxy) is 1. The van der Waals surface area contributed by atoms with E-state index in [1.54, 1.807) is 36.4 Å². The molecular weight excluding hydrogens is 364 g/mol. The Morgan fingerprint density at radius 1 is 1.08 bits per heavy atom. The maximum absolute atomic E-state index is 12.0. The minimum absolute atomic E-state index is 0.163. The van der Waals surface area contributed by atoms with E-state index in [0.29, 0.717) is 23.7 Å². The second-order valence-electron chi connectivity index (χ2n) is 5.22. The maximum atomic E-state index is 12.0. The van der Waals surface area contributed by atoms with E-state index in [9.17, 15) is 13.2 Å². The zero-order chi connectivity index (χ0) is 18.3. The van der Waals surface area contributed by atoms with E-state index in [-0.39, 0.29) is 17.3 Å². The zero-order valence-corrected chi connectivity index (χ0v) is 15.2. The second kappa shape index (κ2) is 8.96. The number of benzene rings is 2. The van der Waals surface area contributed by atoms with Crippen molar-refractivity contribution >= 4 is 27.5 Å². The summed E-state index contributed by atoms with van der Waals surface area (Å²) in [7, 11) is -2.06. The van der Waals surface area contributed by atoms with Crippen molar-refractivity contribution in [2.24, 2.45) is 0 Å². The minimum Gasteiger partial charge on any atom is -0.383 e. The van der Waals surface area contributed by atoms with Gasteiger partial charge in [0.1, 0.15) is 0 Å². The lowest BCUT2D eigenvalue weighted by molar-refractivity contribution is 0.0951. The van der Waals surface area contributed by atoms with Crippen LogP contribution in [0.2, 0.25) is 5.02 Å². The Balaban J connectivity index is 1.94. The molecule has 25 heavy (non-hydrogen) atoms. The summed E-state index contributed by atoms with van der Waals surface area (Å²) in [5.41, 5.74) is 1.30. The van der Waals surface area contributed by atoms with E-state index in [1.807, 2.05) is 0 Å². The Hall–Kier alpha value is -1.93. The molecule has 2 rings (SSSR count). The highest BCUT2D eigenvalue weighted by atomic mass is 35.5. The fraction of sp³-hybridized carbons (Fsp3) is 0.235. The first-order valence-electron chi connectivity index (χ1n) is 7.54. The third kappa shape index (κ3) is 5.82. The Morgan fingerprint density at radius 3 is 2.32 bits per heavy atom. The van der Waals surface area contributed by atoms with Crippen LogP contribution in [0.1, 0.15) is 15.9 Å². The number of hydrogen-bond acceptors (Lipinski definition) is 4. The maximum Gasteiger partial charge on any atom is 0.251 e. The van der Waals surface area contributed by atoms with E-state index in [0.717, 1.165) is 5.56 Å². The van der Waals surface area contributed by atoms with E-state index in [4.69, 9.17) is 16.3 Å². The molecule has 1 amide bonds. The van der Waals surface area contributed by atoms with Gasteiger partial charge in [-0.15, -0.1) is 0 Å². The lowest BCUT2D eigenvalue weighted by Gasteiger charge is -2.08. The molecule has 0 aromatic heterocycles. The van der Waals surface area contributed by atoms with Gasteiger partial charge in [-0.3, -0.25) is 4.79 Å². The third-order valence-electron chi connectivity index (χ3n) is 3.39. The van der Waals surface area contributed by atoms with Crippen LogP contribution in [0.15, 0.2) is 53.4 Å². The minimum atomic E-state index is -3.56. The summed E-state index contributed by atoms with van der Waals surface area (Å²) in [5, 5.41) is 3.33. The molecule has 2 N–H and O–H groups in total. The number of methoxy groups -OCH3 is 1. The molecule has 2 aromatic carbocycles. The molecule has 2 aromatic rings. The summed E-state index contributed by atoms with van der Waals surface area (Å²) < 4.78 is 31.4. The predicted octanol–water partition coefficient (Wildman–Crippen LogP) is 2.19. The molecule has 0 aliphatic heterocycles. The van der Waals surface area contributed by atoms with Crippen molar-refractivity contribution in [3.05, 3.63) is 64.7 Å². The van der Waals surface area contributed by atoms with Crippen molar-refractivity contribution in [2.45, 2.75) is 11.4 Å². The number of nitrogens with one attached hydrogen (secondary N) is 2. The summed E-state index contributed by atoms with van der Waals surface area (Å²) in [6, 6.07) is 12.9. The fourth-order valence-corrected chi connectivity index (χ4v) is 3.17. The van der Waals surface area contributed by atoms with Crippen molar-refractivity contribution in [3.63, 3.8) is 0 Å². The molecule has 0 fully saturated rings.